The van der Waals surface area contributed by atoms with E-state index in [1.807, 2.05) is 31.2 Å². The lowest BCUT2D eigenvalue weighted by Gasteiger charge is -2.10. The number of hydrogen-bond donors (Lipinski definition) is 3. The predicted molar refractivity (Wildman–Crippen MR) is 66.5 cm³/mol. The lowest BCUT2D eigenvalue weighted by molar-refractivity contribution is 0.462. The van der Waals surface area contributed by atoms with Crippen LogP contribution in [0.4, 0.5) is 17.5 Å². The molecule has 88 valence electrons. The number of rotatable bonds is 2. The van der Waals surface area contributed by atoms with Gasteiger partial charge in [-0.15, -0.1) is 0 Å². The monoisotopic (exact) mass is 231 g/mol. The number of aromatic nitrogens is 2. The maximum atomic E-state index is 5.72. The van der Waals surface area contributed by atoms with Crippen molar-refractivity contribution in [3.63, 3.8) is 0 Å². The fourth-order valence-electron chi connectivity index (χ4n) is 1.34. The van der Waals surface area contributed by atoms with Crippen LogP contribution < -0.4 is 21.9 Å². The van der Waals surface area contributed by atoms with Crippen molar-refractivity contribution in [2.45, 2.75) is 6.92 Å². The van der Waals surface area contributed by atoms with E-state index in [1.165, 1.54) is 0 Å². The number of para-hydroxylation sites is 1. The summed E-state index contributed by atoms with van der Waals surface area (Å²) >= 11 is 0. The van der Waals surface area contributed by atoms with Crippen LogP contribution in [0.5, 0.6) is 11.6 Å². The van der Waals surface area contributed by atoms with E-state index in [0.717, 1.165) is 5.56 Å². The number of ether oxygens (including phenoxy) is 1. The Morgan fingerprint density at radius 2 is 1.76 bits per heavy atom. The molecule has 0 fully saturated rings. The first-order chi connectivity index (χ1) is 8.08. The zero-order valence-corrected chi connectivity index (χ0v) is 9.34. The van der Waals surface area contributed by atoms with Gasteiger partial charge in [-0.2, -0.15) is 9.97 Å². The third-order valence-electron chi connectivity index (χ3n) is 2.26. The summed E-state index contributed by atoms with van der Waals surface area (Å²) in [6.07, 6.45) is 0. The average Bonchev–Trinajstić information content (AvgIpc) is 2.28. The van der Waals surface area contributed by atoms with Crippen LogP contribution in [0.25, 0.3) is 0 Å². The molecular weight excluding hydrogens is 218 g/mol. The highest BCUT2D eigenvalue weighted by Crippen LogP contribution is 2.30. The first-order valence-electron chi connectivity index (χ1n) is 5.00. The van der Waals surface area contributed by atoms with Gasteiger partial charge in [0.15, 0.2) is 5.82 Å². The van der Waals surface area contributed by atoms with Gasteiger partial charge in [0.2, 0.25) is 11.8 Å². The van der Waals surface area contributed by atoms with Crippen LogP contribution in [0.2, 0.25) is 0 Å². The van der Waals surface area contributed by atoms with Crippen LogP contribution >= 0.6 is 0 Å². The van der Waals surface area contributed by atoms with Crippen LogP contribution in [-0.2, 0) is 0 Å². The maximum Gasteiger partial charge on any atom is 0.249 e. The van der Waals surface area contributed by atoms with Crippen molar-refractivity contribution in [2.24, 2.45) is 0 Å². The van der Waals surface area contributed by atoms with Crippen molar-refractivity contribution < 1.29 is 4.74 Å². The Bertz CT molecular complexity index is 556. The SMILES string of the molecule is Cc1ccccc1Oc1nc(N)nc(N)c1N. The molecule has 0 radical (unpaired) electrons. The lowest BCUT2D eigenvalue weighted by Crippen LogP contribution is -2.06. The van der Waals surface area contributed by atoms with Crippen molar-refractivity contribution >= 4 is 17.5 Å². The molecule has 6 heteroatoms. The molecule has 0 aliphatic carbocycles. The summed E-state index contributed by atoms with van der Waals surface area (Å²) in [6.45, 7) is 1.92. The Balaban J connectivity index is 2.40. The van der Waals surface area contributed by atoms with Gasteiger partial charge < -0.3 is 21.9 Å². The molecule has 1 aromatic heterocycles. The Hall–Kier alpha value is -2.50. The molecule has 0 aliphatic heterocycles. The van der Waals surface area contributed by atoms with Gasteiger partial charge in [0.1, 0.15) is 11.4 Å². The molecule has 6 nitrogen and oxygen atoms in total. The normalized spacial score (nSPS) is 10.2. The van der Waals surface area contributed by atoms with Gasteiger partial charge in [-0.1, -0.05) is 18.2 Å². The summed E-state index contributed by atoms with van der Waals surface area (Å²) in [5, 5.41) is 0. The number of nitrogen functional groups attached to an aromatic ring is 3. The smallest absolute Gasteiger partial charge is 0.249 e. The Labute approximate surface area is 98.4 Å². The summed E-state index contributed by atoms with van der Waals surface area (Å²) < 4.78 is 5.57. The predicted octanol–water partition coefficient (Wildman–Crippen LogP) is 1.32. The summed E-state index contributed by atoms with van der Waals surface area (Å²) in [4.78, 5) is 7.65. The van der Waals surface area contributed by atoms with Crippen LogP contribution in [0.1, 0.15) is 5.56 Å². The summed E-state index contributed by atoms with van der Waals surface area (Å²) in [6, 6.07) is 7.49. The number of benzene rings is 1. The highest BCUT2D eigenvalue weighted by molar-refractivity contribution is 5.66. The van der Waals surface area contributed by atoms with Crippen LogP contribution in [0.3, 0.4) is 0 Å². The topological polar surface area (TPSA) is 113 Å². The van der Waals surface area contributed by atoms with Gasteiger partial charge in [-0.3, -0.25) is 0 Å². The van der Waals surface area contributed by atoms with Crippen LogP contribution in [0.15, 0.2) is 24.3 Å². The van der Waals surface area contributed by atoms with Crippen LogP contribution in [0, 0.1) is 6.92 Å². The molecule has 2 aromatic rings. The van der Waals surface area contributed by atoms with Gasteiger partial charge in [0, 0.05) is 0 Å². The van der Waals surface area contributed by atoms with Crippen LogP contribution in [-0.4, -0.2) is 9.97 Å². The third kappa shape index (κ3) is 2.20. The minimum Gasteiger partial charge on any atom is -0.437 e. The second-order valence-corrected chi connectivity index (χ2v) is 3.55. The quantitative estimate of drug-likeness (QED) is 0.718. The Morgan fingerprint density at radius 1 is 1.06 bits per heavy atom. The fourth-order valence-corrected chi connectivity index (χ4v) is 1.34. The molecule has 0 bridgehead atoms. The van der Waals surface area contributed by atoms with Crippen molar-refractivity contribution in [2.75, 3.05) is 17.2 Å². The number of nitrogens with zero attached hydrogens (tertiary/aromatic N) is 2. The van der Waals surface area contributed by atoms with E-state index >= 15 is 0 Å². The van der Waals surface area contributed by atoms with Gasteiger partial charge in [-0.05, 0) is 18.6 Å². The van der Waals surface area contributed by atoms with E-state index in [2.05, 4.69) is 9.97 Å². The van der Waals surface area contributed by atoms with E-state index in [0.29, 0.717) is 5.75 Å². The molecule has 0 aliphatic rings. The van der Waals surface area contributed by atoms with E-state index in [-0.39, 0.29) is 23.3 Å². The summed E-state index contributed by atoms with van der Waals surface area (Å²) in [5.74, 6) is 0.961. The Morgan fingerprint density at radius 3 is 2.47 bits per heavy atom. The minimum atomic E-state index is 0.0280. The summed E-state index contributed by atoms with van der Waals surface area (Å²) in [5.41, 5.74) is 17.9. The van der Waals surface area contributed by atoms with Crippen molar-refractivity contribution in [3.05, 3.63) is 29.8 Å². The van der Waals surface area contributed by atoms with Crippen molar-refractivity contribution in [3.8, 4) is 11.6 Å². The average molecular weight is 231 g/mol. The molecule has 1 aromatic carbocycles. The standard InChI is InChI=1S/C11H13N5O/c1-6-4-2-3-5-7(6)17-10-8(12)9(13)15-11(14)16-10/h2-5H,12H2,1H3,(H4,13,14,15,16). The molecule has 0 saturated carbocycles. The number of hydrogen-bond acceptors (Lipinski definition) is 6. The zero-order chi connectivity index (χ0) is 12.4. The molecule has 1 heterocycles. The molecule has 0 spiro atoms. The van der Waals surface area contributed by atoms with E-state index in [9.17, 15) is 0 Å². The largest absolute Gasteiger partial charge is 0.437 e. The van der Waals surface area contributed by atoms with Gasteiger partial charge in [0.25, 0.3) is 0 Å². The second kappa shape index (κ2) is 4.17. The molecule has 0 atom stereocenters. The van der Waals surface area contributed by atoms with Crippen molar-refractivity contribution in [1.82, 2.24) is 9.97 Å². The maximum absolute atomic E-state index is 5.72. The number of anilines is 3. The molecule has 17 heavy (non-hydrogen) atoms. The third-order valence-corrected chi connectivity index (χ3v) is 2.26. The minimum absolute atomic E-state index is 0.0280. The molecule has 0 saturated heterocycles. The molecule has 0 amide bonds. The highest BCUT2D eigenvalue weighted by Gasteiger charge is 2.11. The van der Waals surface area contributed by atoms with E-state index in [4.69, 9.17) is 21.9 Å². The highest BCUT2D eigenvalue weighted by atomic mass is 16.5. The number of nitrogens with two attached hydrogens (primary N) is 3. The second-order valence-electron chi connectivity index (χ2n) is 3.55. The summed E-state index contributed by atoms with van der Waals surface area (Å²) in [7, 11) is 0. The molecule has 0 unspecified atom stereocenters. The van der Waals surface area contributed by atoms with E-state index in [1.54, 1.807) is 0 Å². The van der Waals surface area contributed by atoms with Gasteiger partial charge in [0.05, 0.1) is 0 Å². The van der Waals surface area contributed by atoms with E-state index < -0.39 is 0 Å². The Kier molecular flexibility index (Phi) is 2.70. The lowest BCUT2D eigenvalue weighted by atomic mass is 10.2. The first-order valence-corrected chi connectivity index (χ1v) is 5.00. The van der Waals surface area contributed by atoms with Gasteiger partial charge >= 0.3 is 0 Å². The number of aryl methyl sites for hydroxylation is 1. The first kappa shape index (κ1) is 11.0. The van der Waals surface area contributed by atoms with Gasteiger partial charge in [-0.25, -0.2) is 0 Å². The molecular formula is C11H13N5O. The zero-order valence-electron chi connectivity index (χ0n) is 9.34. The molecule has 2 rings (SSSR count). The molecule has 6 N–H and O–H groups in total. The fraction of sp³-hybridized carbons (Fsp3) is 0.0909. The van der Waals surface area contributed by atoms with Crippen molar-refractivity contribution in [1.29, 1.82) is 0 Å².